The number of hydrogen-bond acceptors (Lipinski definition) is 4. The SMILES string of the molecule is CC1NC(C(=O)NCCC(=O)O)CS1.Cl. The van der Waals surface area contributed by atoms with Crippen LogP contribution in [0.4, 0.5) is 0 Å². The Labute approximate surface area is 98.8 Å². The van der Waals surface area contributed by atoms with E-state index in [0.717, 1.165) is 5.75 Å². The van der Waals surface area contributed by atoms with E-state index in [4.69, 9.17) is 5.11 Å². The maximum atomic E-state index is 11.4. The van der Waals surface area contributed by atoms with Crippen LogP contribution in [-0.4, -0.2) is 40.7 Å². The molecular weight excluding hydrogens is 240 g/mol. The first-order valence-corrected chi connectivity index (χ1v) is 5.51. The van der Waals surface area contributed by atoms with Crippen molar-refractivity contribution in [2.75, 3.05) is 12.3 Å². The summed E-state index contributed by atoms with van der Waals surface area (Å²) in [5.41, 5.74) is 0. The van der Waals surface area contributed by atoms with E-state index >= 15 is 0 Å². The van der Waals surface area contributed by atoms with Gasteiger partial charge in [0.1, 0.15) is 0 Å². The van der Waals surface area contributed by atoms with Gasteiger partial charge in [-0.25, -0.2) is 0 Å². The number of aliphatic carboxylic acids is 1. The molecule has 0 aromatic heterocycles. The fourth-order valence-corrected chi connectivity index (χ4v) is 2.18. The van der Waals surface area contributed by atoms with Crippen molar-refractivity contribution in [3.8, 4) is 0 Å². The van der Waals surface area contributed by atoms with Crippen LogP contribution >= 0.6 is 24.2 Å². The van der Waals surface area contributed by atoms with Gasteiger partial charge in [0.05, 0.1) is 17.8 Å². The first-order valence-electron chi connectivity index (χ1n) is 4.46. The van der Waals surface area contributed by atoms with Crippen LogP contribution in [0.1, 0.15) is 13.3 Å². The molecule has 0 bridgehead atoms. The number of carboxylic acid groups (broad SMARTS) is 1. The summed E-state index contributed by atoms with van der Waals surface area (Å²) in [5, 5.41) is 14.3. The van der Waals surface area contributed by atoms with E-state index in [1.807, 2.05) is 6.92 Å². The van der Waals surface area contributed by atoms with Gasteiger partial charge in [0.2, 0.25) is 5.91 Å². The van der Waals surface area contributed by atoms with Crippen LogP contribution in [0.25, 0.3) is 0 Å². The standard InChI is InChI=1S/C8H14N2O3S.ClH/c1-5-10-6(4-14-5)8(13)9-3-2-7(11)12;/h5-6,10H,2-4H2,1H3,(H,9,13)(H,11,12);1H. The topological polar surface area (TPSA) is 78.4 Å². The fourth-order valence-electron chi connectivity index (χ4n) is 1.19. The smallest absolute Gasteiger partial charge is 0.305 e. The number of halogens is 1. The van der Waals surface area contributed by atoms with Crippen LogP contribution in [0.5, 0.6) is 0 Å². The predicted octanol–water partition coefficient (Wildman–Crippen LogP) is 0.0501. The zero-order chi connectivity index (χ0) is 10.6. The molecule has 0 aromatic carbocycles. The third kappa shape index (κ3) is 5.25. The second-order valence-electron chi connectivity index (χ2n) is 3.13. The Morgan fingerprint density at radius 3 is 2.73 bits per heavy atom. The van der Waals surface area contributed by atoms with Gasteiger partial charge in [0, 0.05) is 12.3 Å². The molecule has 3 N–H and O–H groups in total. The molecule has 1 heterocycles. The summed E-state index contributed by atoms with van der Waals surface area (Å²) in [6.45, 7) is 2.20. The van der Waals surface area contributed by atoms with E-state index < -0.39 is 5.97 Å². The highest BCUT2D eigenvalue weighted by atomic mass is 35.5. The maximum absolute atomic E-state index is 11.4. The quantitative estimate of drug-likeness (QED) is 0.661. The molecule has 0 aliphatic carbocycles. The van der Waals surface area contributed by atoms with Crippen molar-refractivity contribution < 1.29 is 14.7 Å². The molecule has 88 valence electrons. The van der Waals surface area contributed by atoms with Gasteiger partial charge in [-0.2, -0.15) is 0 Å². The molecule has 2 unspecified atom stereocenters. The molecule has 0 spiro atoms. The second kappa shape index (κ2) is 6.92. The summed E-state index contributed by atoms with van der Waals surface area (Å²) in [7, 11) is 0. The highest BCUT2D eigenvalue weighted by molar-refractivity contribution is 8.00. The van der Waals surface area contributed by atoms with Gasteiger partial charge in [-0.15, -0.1) is 24.2 Å². The van der Waals surface area contributed by atoms with Crippen LogP contribution in [0, 0.1) is 0 Å². The molecule has 1 amide bonds. The molecule has 0 radical (unpaired) electrons. The Morgan fingerprint density at radius 1 is 1.60 bits per heavy atom. The molecule has 1 saturated heterocycles. The zero-order valence-corrected chi connectivity index (χ0v) is 9.99. The van der Waals surface area contributed by atoms with Gasteiger partial charge in [-0.1, -0.05) is 0 Å². The number of hydrogen-bond donors (Lipinski definition) is 3. The molecule has 7 heteroatoms. The lowest BCUT2D eigenvalue weighted by Gasteiger charge is -2.10. The Hall–Kier alpha value is -0.460. The summed E-state index contributed by atoms with van der Waals surface area (Å²) in [6.07, 6.45) is -0.0266. The first kappa shape index (κ1) is 14.5. The molecule has 1 rings (SSSR count). The number of thioether (sulfide) groups is 1. The first-order chi connectivity index (χ1) is 6.59. The van der Waals surface area contributed by atoms with Crippen molar-refractivity contribution >= 4 is 36.0 Å². The minimum Gasteiger partial charge on any atom is -0.481 e. The number of rotatable bonds is 4. The fraction of sp³-hybridized carbons (Fsp3) is 0.750. The van der Waals surface area contributed by atoms with Gasteiger partial charge < -0.3 is 10.4 Å². The van der Waals surface area contributed by atoms with Crippen molar-refractivity contribution in [1.82, 2.24) is 10.6 Å². The molecule has 0 saturated carbocycles. The monoisotopic (exact) mass is 254 g/mol. The minimum atomic E-state index is -0.896. The van der Waals surface area contributed by atoms with Crippen LogP contribution in [0.3, 0.4) is 0 Å². The molecule has 5 nitrogen and oxygen atoms in total. The highest BCUT2D eigenvalue weighted by Gasteiger charge is 2.26. The van der Waals surface area contributed by atoms with Gasteiger partial charge in [-0.3, -0.25) is 14.9 Å². The van der Waals surface area contributed by atoms with Gasteiger partial charge in [0.15, 0.2) is 0 Å². The summed E-state index contributed by atoms with van der Waals surface area (Å²) in [6, 6.07) is -0.177. The summed E-state index contributed by atoms with van der Waals surface area (Å²) in [5.74, 6) is -0.254. The van der Waals surface area contributed by atoms with E-state index in [1.165, 1.54) is 0 Å². The molecule has 1 fully saturated rings. The lowest BCUT2D eigenvalue weighted by Crippen LogP contribution is -2.44. The van der Waals surface area contributed by atoms with Crippen molar-refractivity contribution in [3.63, 3.8) is 0 Å². The number of amides is 1. The molecule has 15 heavy (non-hydrogen) atoms. The van der Waals surface area contributed by atoms with Crippen LogP contribution in [0.15, 0.2) is 0 Å². The van der Waals surface area contributed by atoms with Crippen LogP contribution in [-0.2, 0) is 9.59 Å². The average Bonchev–Trinajstić information content (AvgIpc) is 2.51. The van der Waals surface area contributed by atoms with Crippen molar-refractivity contribution in [1.29, 1.82) is 0 Å². The molecule has 0 aromatic rings. The normalized spacial score (nSPS) is 24.3. The zero-order valence-electron chi connectivity index (χ0n) is 8.36. The Bertz CT molecular complexity index is 240. The lowest BCUT2D eigenvalue weighted by atomic mass is 10.3. The molecular formula is C8H15ClN2O3S. The third-order valence-corrected chi connectivity index (χ3v) is 3.07. The van der Waals surface area contributed by atoms with E-state index in [0.29, 0.717) is 5.37 Å². The van der Waals surface area contributed by atoms with Crippen molar-refractivity contribution in [2.24, 2.45) is 0 Å². The second-order valence-corrected chi connectivity index (χ2v) is 4.50. The highest BCUT2D eigenvalue weighted by Crippen LogP contribution is 2.17. The largest absolute Gasteiger partial charge is 0.481 e. The lowest BCUT2D eigenvalue weighted by molar-refractivity contribution is -0.136. The Morgan fingerprint density at radius 2 is 2.27 bits per heavy atom. The van der Waals surface area contributed by atoms with Crippen molar-refractivity contribution in [3.05, 3.63) is 0 Å². The summed E-state index contributed by atoms with van der Waals surface area (Å²) < 4.78 is 0. The van der Waals surface area contributed by atoms with Crippen LogP contribution in [0.2, 0.25) is 0 Å². The van der Waals surface area contributed by atoms with E-state index in [2.05, 4.69) is 10.6 Å². The molecule has 1 aliphatic heterocycles. The Kier molecular flexibility index (Phi) is 6.71. The van der Waals surface area contributed by atoms with Crippen LogP contribution < -0.4 is 10.6 Å². The number of carboxylic acids is 1. The predicted molar refractivity (Wildman–Crippen MR) is 61.4 cm³/mol. The number of carbonyl (C=O) groups excluding carboxylic acids is 1. The molecule has 2 atom stereocenters. The summed E-state index contributed by atoms with van der Waals surface area (Å²) in [4.78, 5) is 21.6. The van der Waals surface area contributed by atoms with E-state index in [1.54, 1.807) is 11.8 Å². The number of carbonyl (C=O) groups is 2. The van der Waals surface area contributed by atoms with Gasteiger partial charge in [0.25, 0.3) is 0 Å². The van der Waals surface area contributed by atoms with Crippen molar-refractivity contribution in [2.45, 2.75) is 24.8 Å². The minimum absolute atomic E-state index is 0. The van der Waals surface area contributed by atoms with Gasteiger partial charge >= 0.3 is 5.97 Å². The Balaban J connectivity index is 0.00000196. The van der Waals surface area contributed by atoms with E-state index in [-0.39, 0.29) is 37.3 Å². The third-order valence-electron chi connectivity index (χ3n) is 1.90. The summed E-state index contributed by atoms with van der Waals surface area (Å²) >= 11 is 1.69. The number of nitrogens with one attached hydrogen (secondary N) is 2. The van der Waals surface area contributed by atoms with E-state index in [9.17, 15) is 9.59 Å². The van der Waals surface area contributed by atoms with Gasteiger partial charge in [-0.05, 0) is 6.92 Å². The average molecular weight is 255 g/mol. The maximum Gasteiger partial charge on any atom is 0.305 e. The molecule has 1 aliphatic rings.